The predicted molar refractivity (Wildman–Crippen MR) is 84.1 cm³/mol. The Bertz CT molecular complexity index is 823. The minimum absolute atomic E-state index is 0.111. The first-order valence-corrected chi connectivity index (χ1v) is 6.74. The van der Waals surface area contributed by atoms with Crippen LogP contribution in [0.3, 0.4) is 0 Å². The van der Waals surface area contributed by atoms with Crippen molar-refractivity contribution in [2.75, 3.05) is 17.7 Å². The van der Waals surface area contributed by atoms with Gasteiger partial charge < -0.3 is 10.6 Å². The maximum atomic E-state index is 6.18. The highest BCUT2D eigenvalue weighted by atomic mass is 35.5. The topological polar surface area (TPSA) is 80.8 Å². The lowest BCUT2D eigenvalue weighted by molar-refractivity contribution is 1.08. The van der Waals surface area contributed by atoms with E-state index in [1.54, 1.807) is 24.3 Å². The number of nitrogens with two attached hydrogens (primary N) is 1. The summed E-state index contributed by atoms with van der Waals surface area (Å²) in [7, 11) is 1.79. The number of aromatic nitrogens is 4. The molecule has 21 heavy (non-hydrogen) atoms. The number of hydrogen-bond acceptors (Lipinski definition) is 6. The van der Waals surface area contributed by atoms with Gasteiger partial charge in [0.05, 0.1) is 23.1 Å². The van der Waals surface area contributed by atoms with E-state index in [-0.39, 0.29) is 5.28 Å². The van der Waals surface area contributed by atoms with Gasteiger partial charge in [-0.2, -0.15) is 4.98 Å². The molecule has 0 fully saturated rings. The van der Waals surface area contributed by atoms with E-state index in [0.717, 1.165) is 5.52 Å². The number of nitrogen functional groups attached to an aromatic ring is 1. The van der Waals surface area contributed by atoms with Gasteiger partial charge in [0.25, 0.3) is 0 Å². The molecule has 0 aliphatic carbocycles. The smallest absolute Gasteiger partial charge is 0.224 e. The summed E-state index contributed by atoms with van der Waals surface area (Å²) in [5.41, 5.74) is 8.73. The molecular weight excluding hydrogens is 311 g/mol. The van der Waals surface area contributed by atoms with Crippen molar-refractivity contribution >= 4 is 51.4 Å². The van der Waals surface area contributed by atoms with Crippen LogP contribution in [0.4, 0.5) is 17.2 Å². The standard InChI is InChI=1S/C13H10Cl2N6/c1-21(12-7(14)6-19-13(15)20-12)9-3-2-8-11(10(9)16)18-5-4-17-8/h2-6H,16H2,1H3. The molecule has 0 bridgehead atoms. The van der Waals surface area contributed by atoms with Gasteiger partial charge in [-0.05, 0) is 23.7 Å². The Morgan fingerprint density at radius 3 is 2.67 bits per heavy atom. The summed E-state index contributed by atoms with van der Waals surface area (Å²) in [6.07, 6.45) is 4.66. The molecule has 3 aromatic rings. The van der Waals surface area contributed by atoms with Crippen molar-refractivity contribution in [2.45, 2.75) is 0 Å². The lowest BCUT2D eigenvalue weighted by Gasteiger charge is -2.21. The van der Waals surface area contributed by atoms with E-state index in [4.69, 9.17) is 28.9 Å². The summed E-state index contributed by atoms with van der Waals surface area (Å²) in [6.45, 7) is 0. The Balaban J connectivity index is 2.15. The van der Waals surface area contributed by atoms with Crippen molar-refractivity contribution in [3.63, 3.8) is 0 Å². The fourth-order valence-corrected chi connectivity index (χ4v) is 2.37. The molecule has 2 heterocycles. The second-order valence-corrected chi connectivity index (χ2v) is 5.04. The number of fused-ring (bicyclic) bond motifs is 1. The molecule has 0 saturated heterocycles. The predicted octanol–water partition coefficient (Wildman–Crippen LogP) is 3.08. The van der Waals surface area contributed by atoms with Crippen LogP contribution in [0.25, 0.3) is 11.0 Å². The SMILES string of the molecule is CN(c1ccc2nccnc2c1N)c1nc(Cl)ncc1Cl. The highest BCUT2D eigenvalue weighted by Crippen LogP contribution is 2.35. The summed E-state index contributed by atoms with van der Waals surface area (Å²) >= 11 is 11.9. The van der Waals surface area contributed by atoms with Crippen LogP contribution in [0, 0.1) is 0 Å². The Morgan fingerprint density at radius 1 is 1.10 bits per heavy atom. The van der Waals surface area contributed by atoms with Crippen molar-refractivity contribution in [1.29, 1.82) is 0 Å². The number of rotatable bonds is 2. The summed E-state index contributed by atoms with van der Waals surface area (Å²) in [4.78, 5) is 18.2. The van der Waals surface area contributed by atoms with Crippen LogP contribution >= 0.6 is 23.2 Å². The lowest BCUT2D eigenvalue weighted by Crippen LogP contribution is -2.14. The second-order valence-electron chi connectivity index (χ2n) is 4.29. The molecule has 0 radical (unpaired) electrons. The zero-order valence-electron chi connectivity index (χ0n) is 11.0. The van der Waals surface area contributed by atoms with Crippen LogP contribution in [-0.4, -0.2) is 27.0 Å². The minimum atomic E-state index is 0.111. The average Bonchev–Trinajstić information content (AvgIpc) is 2.50. The molecule has 0 spiro atoms. The normalized spacial score (nSPS) is 10.8. The maximum absolute atomic E-state index is 6.18. The average molecular weight is 321 g/mol. The van der Waals surface area contributed by atoms with Crippen LogP contribution in [0.2, 0.25) is 10.3 Å². The number of nitrogens with zero attached hydrogens (tertiary/aromatic N) is 5. The molecule has 0 aliphatic rings. The molecule has 6 nitrogen and oxygen atoms in total. The van der Waals surface area contributed by atoms with Crippen molar-refractivity contribution < 1.29 is 0 Å². The highest BCUT2D eigenvalue weighted by molar-refractivity contribution is 6.33. The molecule has 0 aliphatic heterocycles. The number of anilines is 3. The first-order valence-electron chi connectivity index (χ1n) is 5.99. The Hall–Kier alpha value is -2.18. The van der Waals surface area contributed by atoms with Gasteiger partial charge >= 0.3 is 0 Å². The fraction of sp³-hybridized carbons (Fsp3) is 0.0769. The molecule has 0 amide bonds. The summed E-state index contributed by atoms with van der Waals surface area (Å²) in [5, 5.41) is 0.487. The third-order valence-electron chi connectivity index (χ3n) is 3.03. The van der Waals surface area contributed by atoms with E-state index in [9.17, 15) is 0 Å². The fourth-order valence-electron chi connectivity index (χ4n) is 2.03. The summed E-state index contributed by atoms with van der Waals surface area (Å²) in [5.74, 6) is 0.464. The largest absolute Gasteiger partial charge is 0.395 e. The molecular formula is C13H10Cl2N6. The molecule has 2 N–H and O–H groups in total. The molecule has 8 heteroatoms. The van der Waals surface area contributed by atoms with Crippen molar-refractivity contribution in [3.05, 3.63) is 41.0 Å². The van der Waals surface area contributed by atoms with Crippen LogP contribution < -0.4 is 10.6 Å². The highest BCUT2D eigenvalue weighted by Gasteiger charge is 2.16. The zero-order valence-corrected chi connectivity index (χ0v) is 12.5. The third-order valence-corrected chi connectivity index (χ3v) is 3.48. The first-order chi connectivity index (χ1) is 10.1. The quantitative estimate of drug-likeness (QED) is 0.577. The molecule has 0 unspecified atom stereocenters. The van der Waals surface area contributed by atoms with Gasteiger partial charge in [0.2, 0.25) is 5.28 Å². The third kappa shape index (κ3) is 2.43. The molecule has 106 valence electrons. The van der Waals surface area contributed by atoms with Gasteiger partial charge in [0.1, 0.15) is 10.5 Å². The van der Waals surface area contributed by atoms with Crippen LogP contribution in [0.1, 0.15) is 0 Å². The molecule has 0 saturated carbocycles. The van der Waals surface area contributed by atoms with E-state index < -0.39 is 0 Å². The molecule has 0 atom stereocenters. The number of hydrogen-bond donors (Lipinski definition) is 1. The summed E-state index contributed by atoms with van der Waals surface area (Å²) in [6, 6.07) is 3.67. The Morgan fingerprint density at radius 2 is 1.86 bits per heavy atom. The van der Waals surface area contributed by atoms with Crippen molar-refractivity contribution in [2.24, 2.45) is 0 Å². The molecule has 1 aromatic carbocycles. The van der Waals surface area contributed by atoms with Crippen molar-refractivity contribution in [1.82, 2.24) is 19.9 Å². The van der Waals surface area contributed by atoms with Crippen LogP contribution in [0.5, 0.6) is 0 Å². The van der Waals surface area contributed by atoms with E-state index in [1.165, 1.54) is 6.20 Å². The lowest BCUT2D eigenvalue weighted by atomic mass is 10.2. The van der Waals surface area contributed by atoms with E-state index in [2.05, 4.69) is 19.9 Å². The van der Waals surface area contributed by atoms with Gasteiger partial charge in [-0.15, -0.1) is 0 Å². The number of benzene rings is 1. The van der Waals surface area contributed by atoms with Gasteiger partial charge in [0.15, 0.2) is 5.82 Å². The molecule has 2 aromatic heterocycles. The molecule has 3 rings (SSSR count). The van der Waals surface area contributed by atoms with Crippen molar-refractivity contribution in [3.8, 4) is 0 Å². The van der Waals surface area contributed by atoms with E-state index in [0.29, 0.717) is 27.7 Å². The number of halogens is 2. The van der Waals surface area contributed by atoms with E-state index in [1.807, 2.05) is 12.1 Å². The Kier molecular flexibility index (Phi) is 3.48. The maximum Gasteiger partial charge on any atom is 0.224 e. The minimum Gasteiger partial charge on any atom is -0.395 e. The summed E-state index contributed by atoms with van der Waals surface area (Å²) < 4.78 is 0. The van der Waals surface area contributed by atoms with E-state index >= 15 is 0 Å². The monoisotopic (exact) mass is 320 g/mol. The van der Waals surface area contributed by atoms with Crippen LogP contribution in [-0.2, 0) is 0 Å². The zero-order chi connectivity index (χ0) is 15.0. The van der Waals surface area contributed by atoms with Gasteiger partial charge in [-0.25, -0.2) is 4.98 Å². The van der Waals surface area contributed by atoms with Crippen LogP contribution in [0.15, 0.2) is 30.7 Å². The first kappa shape index (κ1) is 13.8. The van der Waals surface area contributed by atoms with Gasteiger partial charge in [0, 0.05) is 19.4 Å². The van der Waals surface area contributed by atoms with Gasteiger partial charge in [-0.3, -0.25) is 9.97 Å². The second kappa shape index (κ2) is 5.31. The Labute approximate surface area is 130 Å². The van der Waals surface area contributed by atoms with Gasteiger partial charge in [-0.1, -0.05) is 11.6 Å².